The van der Waals surface area contributed by atoms with Gasteiger partial charge in [-0.3, -0.25) is 0 Å². The second-order valence-corrected chi connectivity index (χ2v) is 3.72. The lowest BCUT2D eigenvalue weighted by atomic mass is 10.2. The fourth-order valence-electron chi connectivity index (χ4n) is 0.872. The van der Waals surface area contributed by atoms with Gasteiger partial charge < -0.3 is 4.42 Å². The van der Waals surface area contributed by atoms with E-state index in [1.165, 1.54) is 5.56 Å². The SMILES string of the molecule is Brc1nnc(Cc2ccsc2)o1. The maximum Gasteiger partial charge on any atom is 0.284 e. The molecular weight excluding hydrogens is 240 g/mol. The van der Waals surface area contributed by atoms with Crippen LogP contribution in [0.25, 0.3) is 0 Å². The Morgan fingerprint density at radius 1 is 1.50 bits per heavy atom. The molecule has 0 amide bonds. The molecule has 0 radical (unpaired) electrons. The lowest BCUT2D eigenvalue weighted by Crippen LogP contribution is -1.84. The zero-order valence-corrected chi connectivity index (χ0v) is 8.43. The van der Waals surface area contributed by atoms with Gasteiger partial charge in [0.1, 0.15) is 0 Å². The molecule has 0 unspecified atom stereocenters. The van der Waals surface area contributed by atoms with E-state index in [-0.39, 0.29) is 0 Å². The Hall–Kier alpha value is -0.680. The summed E-state index contributed by atoms with van der Waals surface area (Å²) < 4.78 is 5.16. The van der Waals surface area contributed by atoms with Crippen LogP contribution < -0.4 is 0 Å². The third-order valence-corrected chi connectivity index (χ3v) is 2.43. The number of halogens is 1. The van der Waals surface area contributed by atoms with Gasteiger partial charge in [0, 0.05) is 15.9 Å². The van der Waals surface area contributed by atoms with Crippen molar-refractivity contribution in [1.82, 2.24) is 10.2 Å². The zero-order chi connectivity index (χ0) is 8.39. The third kappa shape index (κ3) is 1.73. The molecule has 0 aromatic carbocycles. The zero-order valence-electron chi connectivity index (χ0n) is 6.03. The molecule has 5 heteroatoms. The van der Waals surface area contributed by atoms with Crippen LogP contribution in [0.3, 0.4) is 0 Å². The Kier molecular flexibility index (Phi) is 2.23. The minimum absolute atomic E-state index is 0.438. The first kappa shape index (κ1) is 7.94. The fraction of sp³-hybridized carbons (Fsp3) is 0.143. The van der Waals surface area contributed by atoms with E-state index < -0.39 is 0 Å². The van der Waals surface area contributed by atoms with Crippen LogP contribution in [-0.2, 0) is 6.42 Å². The van der Waals surface area contributed by atoms with Crippen LogP contribution in [0.5, 0.6) is 0 Å². The number of aromatic nitrogens is 2. The first-order chi connectivity index (χ1) is 5.84. The Morgan fingerprint density at radius 3 is 3.00 bits per heavy atom. The van der Waals surface area contributed by atoms with Gasteiger partial charge in [0.2, 0.25) is 5.89 Å². The lowest BCUT2D eigenvalue weighted by Gasteiger charge is -1.87. The average Bonchev–Trinajstić information content (AvgIpc) is 2.63. The second-order valence-electron chi connectivity index (χ2n) is 2.26. The molecule has 0 fully saturated rings. The van der Waals surface area contributed by atoms with Gasteiger partial charge in [0.05, 0.1) is 6.42 Å². The molecule has 0 atom stereocenters. The Labute approximate surface area is 81.6 Å². The van der Waals surface area contributed by atoms with E-state index in [1.807, 2.05) is 11.4 Å². The molecule has 2 heterocycles. The molecule has 0 aliphatic carbocycles. The Bertz CT molecular complexity index is 357. The van der Waals surface area contributed by atoms with E-state index in [4.69, 9.17) is 4.42 Å². The largest absolute Gasteiger partial charge is 0.415 e. The summed E-state index contributed by atoms with van der Waals surface area (Å²) in [6, 6.07) is 2.04. The quantitative estimate of drug-likeness (QED) is 0.815. The van der Waals surface area contributed by atoms with Crippen LogP contribution >= 0.6 is 27.3 Å². The number of thiophene rings is 1. The summed E-state index contributed by atoms with van der Waals surface area (Å²) in [5, 5.41) is 11.6. The molecule has 0 saturated carbocycles. The molecule has 0 aliphatic rings. The number of hydrogen-bond acceptors (Lipinski definition) is 4. The number of hydrogen-bond donors (Lipinski definition) is 0. The second kappa shape index (κ2) is 3.37. The molecule has 2 rings (SSSR count). The molecule has 0 aliphatic heterocycles. The van der Waals surface area contributed by atoms with Crippen LogP contribution in [-0.4, -0.2) is 10.2 Å². The molecule has 0 bridgehead atoms. The van der Waals surface area contributed by atoms with Crippen molar-refractivity contribution in [3.05, 3.63) is 33.1 Å². The molecule has 2 aromatic heterocycles. The summed E-state index contributed by atoms with van der Waals surface area (Å²) in [6.07, 6.45) is 0.710. The van der Waals surface area contributed by atoms with Crippen LogP contribution in [0.15, 0.2) is 26.0 Å². The van der Waals surface area contributed by atoms with Crippen molar-refractivity contribution in [1.29, 1.82) is 0 Å². The summed E-state index contributed by atoms with van der Waals surface area (Å²) in [5.41, 5.74) is 1.20. The van der Waals surface area contributed by atoms with Gasteiger partial charge in [-0.15, -0.1) is 10.2 Å². The van der Waals surface area contributed by atoms with Gasteiger partial charge in [-0.1, -0.05) is 0 Å². The highest BCUT2D eigenvalue weighted by Gasteiger charge is 2.03. The molecule has 0 N–H and O–H groups in total. The molecule has 0 spiro atoms. The normalized spacial score (nSPS) is 10.4. The first-order valence-corrected chi connectivity index (χ1v) is 5.07. The van der Waals surface area contributed by atoms with Crippen molar-refractivity contribution in [3.63, 3.8) is 0 Å². The van der Waals surface area contributed by atoms with Crippen LogP contribution in [0, 0.1) is 0 Å². The highest BCUT2D eigenvalue weighted by molar-refractivity contribution is 9.10. The van der Waals surface area contributed by atoms with Crippen molar-refractivity contribution in [2.24, 2.45) is 0 Å². The van der Waals surface area contributed by atoms with Crippen molar-refractivity contribution in [3.8, 4) is 0 Å². The predicted molar refractivity (Wildman–Crippen MR) is 49.1 cm³/mol. The highest BCUT2D eigenvalue weighted by atomic mass is 79.9. The summed E-state index contributed by atoms with van der Waals surface area (Å²) in [7, 11) is 0. The molecular formula is C7H5BrN2OS. The molecule has 0 saturated heterocycles. The summed E-state index contributed by atoms with van der Waals surface area (Å²) in [6.45, 7) is 0. The lowest BCUT2D eigenvalue weighted by molar-refractivity contribution is 0.482. The van der Waals surface area contributed by atoms with E-state index in [2.05, 4.69) is 31.5 Å². The van der Waals surface area contributed by atoms with Crippen molar-refractivity contribution in [2.75, 3.05) is 0 Å². The van der Waals surface area contributed by atoms with Crippen molar-refractivity contribution >= 4 is 27.3 Å². The summed E-state index contributed by atoms with van der Waals surface area (Å²) in [4.78, 5) is 0.438. The van der Waals surface area contributed by atoms with E-state index >= 15 is 0 Å². The van der Waals surface area contributed by atoms with Gasteiger partial charge in [-0.25, -0.2) is 0 Å². The smallest absolute Gasteiger partial charge is 0.284 e. The van der Waals surface area contributed by atoms with Crippen molar-refractivity contribution < 1.29 is 4.42 Å². The Morgan fingerprint density at radius 2 is 2.42 bits per heavy atom. The molecule has 12 heavy (non-hydrogen) atoms. The highest BCUT2D eigenvalue weighted by Crippen LogP contribution is 2.13. The topological polar surface area (TPSA) is 38.9 Å². The van der Waals surface area contributed by atoms with Crippen LogP contribution in [0.2, 0.25) is 0 Å². The average molecular weight is 245 g/mol. The van der Waals surface area contributed by atoms with E-state index in [1.54, 1.807) is 11.3 Å². The van der Waals surface area contributed by atoms with Gasteiger partial charge in [0.25, 0.3) is 4.80 Å². The standard InChI is InChI=1S/C7H5BrN2OS/c8-7-10-9-6(11-7)3-5-1-2-12-4-5/h1-2,4H,3H2. The van der Waals surface area contributed by atoms with Gasteiger partial charge in [-0.2, -0.15) is 11.3 Å². The summed E-state index contributed by atoms with van der Waals surface area (Å²) >= 11 is 4.76. The first-order valence-electron chi connectivity index (χ1n) is 3.33. The fourth-order valence-corrected chi connectivity index (χ4v) is 1.81. The van der Waals surface area contributed by atoms with E-state index in [9.17, 15) is 0 Å². The molecule has 62 valence electrons. The van der Waals surface area contributed by atoms with Gasteiger partial charge in [0.15, 0.2) is 0 Å². The van der Waals surface area contributed by atoms with Gasteiger partial charge >= 0.3 is 0 Å². The van der Waals surface area contributed by atoms with Crippen molar-refractivity contribution in [2.45, 2.75) is 6.42 Å². The van der Waals surface area contributed by atoms with E-state index in [0.717, 1.165) is 0 Å². The number of rotatable bonds is 2. The Balaban J connectivity index is 2.14. The molecule has 2 aromatic rings. The minimum Gasteiger partial charge on any atom is -0.415 e. The van der Waals surface area contributed by atoms with E-state index in [0.29, 0.717) is 17.1 Å². The predicted octanol–water partition coefficient (Wildman–Crippen LogP) is 2.48. The van der Waals surface area contributed by atoms with Crippen LogP contribution in [0.1, 0.15) is 11.5 Å². The monoisotopic (exact) mass is 244 g/mol. The molecule has 3 nitrogen and oxygen atoms in total. The maximum absolute atomic E-state index is 5.16. The third-order valence-electron chi connectivity index (χ3n) is 1.38. The maximum atomic E-state index is 5.16. The minimum atomic E-state index is 0.438. The van der Waals surface area contributed by atoms with Gasteiger partial charge in [-0.05, 0) is 22.4 Å². The summed E-state index contributed by atoms with van der Waals surface area (Å²) in [5.74, 6) is 0.639. The number of nitrogens with zero attached hydrogens (tertiary/aromatic N) is 2. The van der Waals surface area contributed by atoms with Crippen LogP contribution in [0.4, 0.5) is 0 Å².